The number of aromatic nitrogens is 2. The molecule has 114 valence electrons. The van der Waals surface area contributed by atoms with Crippen LogP contribution in [0.3, 0.4) is 0 Å². The van der Waals surface area contributed by atoms with E-state index in [2.05, 4.69) is 19.8 Å². The van der Waals surface area contributed by atoms with Crippen molar-refractivity contribution in [2.24, 2.45) is 5.92 Å². The molecule has 2 unspecified atom stereocenters. The first kappa shape index (κ1) is 14.3. The summed E-state index contributed by atoms with van der Waals surface area (Å²) in [6.07, 6.45) is 5.08. The van der Waals surface area contributed by atoms with Gasteiger partial charge in [-0.05, 0) is 31.4 Å². The van der Waals surface area contributed by atoms with Gasteiger partial charge < -0.3 is 14.7 Å². The van der Waals surface area contributed by atoms with Gasteiger partial charge in [-0.15, -0.1) is 10.2 Å². The van der Waals surface area contributed by atoms with E-state index in [4.69, 9.17) is 0 Å². The van der Waals surface area contributed by atoms with Crippen molar-refractivity contribution in [3.05, 3.63) is 17.8 Å². The number of hydrogen-bond acceptors (Lipinski definition) is 6. The predicted molar refractivity (Wildman–Crippen MR) is 77.1 cm³/mol. The Balaban J connectivity index is 1.72. The molecular weight excluding hydrogens is 270 g/mol. The van der Waals surface area contributed by atoms with Crippen molar-refractivity contribution < 1.29 is 14.6 Å². The SMILES string of the molecule is COC(=O)c1ccc(N2CCC3(O)CCCCC3C2)nn1. The van der Waals surface area contributed by atoms with Crippen molar-refractivity contribution in [3.8, 4) is 0 Å². The molecule has 2 fully saturated rings. The lowest BCUT2D eigenvalue weighted by atomic mass is 9.71. The third-order valence-electron chi connectivity index (χ3n) is 4.80. The second-order valence-electron chi connectivity index (χ2n) is 6.01. The van der Waals surface area contributed by atoms with E-state index in [0.29, 0.717) is 5.92 Å². The number of fused-ring (bicyclic) bond motifs is 1. The van der Waals surface area contributed by atoms with E-state index in [1.165, 1.54) is 13.5 Å². The number of aliphatic hydroxyl groups is 1. The highest BCUT2D eigenvalue weighted by Gasteiger charge is 2.43. The molecule has 3 rings (SSSR count). The first-order chi connectivity index (χ1) is 10.1. The second-order valence-corrected chi connectivity index (χ2v) is 6.01. The molecule has 1 aliphatic heterocycles. The molecule has 2 atom stereocenters. The van der Waals surface area contributed by atoms with Gasteiger partial charge in [0, 0.05) is 19.0 Å². The van der Waals surface area contributed by atoms with Crippen LogP contribution in [-0.4, -0.2) is 47.1 Å². The third-order valence-corrected chi connectivity index (χ3v) is 4.80. The van der Waals surface area contributed by atoms with E-state index in [1.54, 1.807) is 12.1 Å². The Labute approximate surface area is 124 Å². The number of nitrogens with zero attached hydrogens (tertiary/aromatic N) is 3. The standard InChI is InChI=1S/C15H21N3O3/c1-21-14(19)12-5-6-13(17-16-12)18-9-8-15(20)7-3-2-4-11(15)10-18/h5-6,11,20H,2-4,7-10H2,1H3. The zero-order valence-corrected chi connectivity index (χ0v) is 12.3. The highest BCUT2D eigenvalue weighted by Crippen LogP contribution is 2.40. The van der Waals surface area contributed by atoms with Crippen LogP contribution in [0.2, 0.25) is 0 Å². The molecule has 1 aliphatic carbocycles. The number of carbonyl (C=O) groups is 1. The van der Waals surface area contributed by atoms with Gasteiger partial charge in [0.1, 0.15) is 0 Å². The fourth-order valence-electron chi connectivity index (χ4n) is 3.49. The third kappa shape index (κ3) is 2.72. The Morgan fingerprint density at radius 3 is 2.95 bits per heavy atom. The summed E-state index contributed by atoms with van der Waals surface area (Å²) in [6.45, 7) is 1.59. The highest BCUT2D eigenvalue weighted by molar-refractivity contribution is 5.86. The maximum absolute atomic E-state index is 11.4. The summed E-state index contributed by atoms with van der Waals surface area (Å²) in [5.74, 6) is 0.590. The minimum atomic E-state index is -0.492. The minimum Gasteiger partial charge on any atom is -0.464 e. The summed E-state index contributed by atoms with van der Waals surface area (Å²) >= 11 is 0. The largest absolute Gasteiger partial charge is 0.464 e. The lowest BCUT2D eigenvalue weighted by molar-refractivity contribution is -0.0613. The maximum Gasteiger partial charge on any atom is 0.358 e. The Morgan fingerprint density at radius 1 is 1.38 bits per heavy atom. The van der Waals surface area contributed by atoms with Crippen LogP contribution in [0.1, 0.15) is 42.6 Å². The van der Waals surface area contributed by atoms with Crippen LogP contribution >= 0.6 is 0 Å². The zero-order valence-electron chi connectivity index (χ0n) is 12.3. The molecule has 1 N–H and O–H groups in total. The number of carbonyl (C=O) groups excluding carboxylic acids is 1. The van der Waals surface area contributed by atoms with Crippen LogP contribution in [0.25, 0.3) is 0 Å². The van der Waals surface area contributed by atoms with Gasteiger partial charge in [0.15, 0.2) is 11.5 Å². The first-order valence-electron chi connectivity index (χ1n) is 7.52. The summed E-state index contributed by atoms with van der Waals surface area (Å²) in [7, 11) is 1.33. The average molecular weight is 291 g/mol. The number of anilines is 1. The van der Waals surface area contributed by atoms with Gasteiger partial charge in [-0.25, -0.2) is 4.79 Å². The van der Waals surface area contributed by atoms with E-state index in [0.717, 1.165) is 44.6 Å². The number of methoxy groups -OCH3 is 1. The molecule has 21 heavy (non-hydrogen) atoms. The van der Waals surface area contributed by atoms with Crippen molar-refractivity contribution in [2.75, 3.05) is 25.1 Å². The molecule has 2 aliphatic rings. The summed E-state index contributed by atoms with van der Waals surface area (Å²) in [4.78, 5) is 13.5. The Bertz CT molecular complexity index is 519. The van der Waals surface area contributed by atoms with Gasteiger partial charge in [-0.2, -0.15) is 0 Å². The van der Waals surface area contributed by atoms with Crippen LogP contribution in [-0.2, 0) is 4.74 Å². The summed E-state index contributed by atoms with van der Waals surface area (Å²) in [5, 5.41) is 18.7. The van der Waals surface area contributed by atoms with Gasteiger partial charge in [0.2, 0.25) is 0 Å². The molecule has 1 aromatic rings. The average Bonchev–Trinajstić information content (AvgIpc) is 2.53. The fourth-order valence-corrected chi connectivity index (χ4v) is 3.49. The Hall–Kier alpha value is -1.69. The number of hydrogen-bond donors (Lipinski definition) is 1. The molecule has 0 bridgehead atoms. The summed E-state index contributed by atoms with van der Waals surface area (Å²) < 4.78 is 4.62. The molecule has 6 heteroatoms. The normalized spacial score (nSPS) is 28.9. The van der Waals surface area contributed by atoms with Crippen LogP contribution < -0.4 is 4.90 Å². The number of piperidine rings is 1. The fraction of sp³-hybridized carbons (Fsp3) is 0.667. The van der Waals surface area contributed by atoms with E-state index in [9.17, 15) is 9.90 Å². The number of rotatable bonds is 2. The topological polar surface area (TPSA) is 75.5 Å². The van der Waals surface area contributed by atoms with Crippen LogP contribution in [0.15, 0.2) is 12.1 Å². The number of ether oxygens (including phenoxy) is 1. The molecule has 0 amide bonds. The molecule has 6 nitrogen and oxygen atoms in total. The molecule has 1 saturated heterocycles. The van der Waals surface area contributed by atoms with Crippen LogP contribution in [0.4, 0.5) is 5.82 Å². The molecule has 0 spiro atoms. The molecule has 0 radical (unpaired) electrons. The lowest BCUT2D eigenvalue weighted by Crippen LogP contribution is -2.53. The van der Waals surface area contributed by atoms with Gasteiger partial charge in [0.25, 0.3) is 0 Å². The van der Waals surface area contributed by atoms with Gasteiger partial charge in [-0.3, -0.25) is 0 Å². The van der Waals surface area contributed by atoms with E-state index < -0.39 is 11.6 Å². The quantitative estimate of drug-likeness (QED) is 0.830. The van der Waals surface area contributed by atoms with E-state index in [1.807, 2.05) is 0 Å². The van der Waals surface area contributed by atoms with Gasteiger partial charge in [-0.1, -0.05) is 12.8 Å². The van der Waals surface area contributed by atoms with Crippen LogP contribution in [0.5, 0.6) is 0 Å². The van der Waals surface area contributed by atoms with E-state index in [-0.39, 0.29) is 5.69 Å². The van der Waals surface area contributed by atoms with Crippen molar-refractivity contribution in [3.63, 3.8) is 0 Å². The van der Waals surface area contributed by atoms with E-state index >= 15 is 0 Å². The van der Waals surface area contributed by atoms with Crippen molar-refractivity contribution in [1.82, 2.24) is 10.2 Å². The van der Waals surface area contributed by atoms with Crippen LogP contribution in [0, 0.1) is 5.92 Å². The molecule has 2 heterocycles. The summed E-state index contributed by atoms with van der Waals surface area (Å²) in [6, 6.07) is 3.43. The molecule has 1 saturated carbocycles. The maximum atomic E-state index is 11.4. The lowest BCUT2D eigenvalue weighted by Gasteiger charge is -2.47. The van der Waals surface area contributed by atoms with Gasteiger partial charge in [0.05, 0.1) is 12.7 Å². The summed E-state index contributed by atoms with van der Waals surface area (Å²) in [5.41, 5.74) is -0.277. The van der Waals surface area contributed by atoms with Crippen molar-refractivity contribution in [2.45, 2.75) is 37.7 Å². The smallest absolute Gasteiger partial charge is 0.358 e. The Kier molecular flexibility index (Phi) is 3.80. The molecule has 0 aromatic carbocycles. The molecule has 1 aromatic heterocycles. The van der Waals surface area contributed by atoms with Crippen molar-refractivity contribution >= 4 is 11.8 Å². The monoisotopic (exact) mass is 291 g/mol. The Morgan fingerprint density at radius 2 is 2.24 bits per heavy atom. The predicted octanol–water partition coefficient (Wildman–Crippen LogP) is 1.39. The number of esters is 1. The highest BCUT2D eigenvalue weighted by atomic mass is 16.5. The van der Waals surface area contributed by atoms with Crippen molar-refractivity contribution in [1.29, 1.82) is 0 Å². The molecular formula is C15H21N3O3. The minimum absolute atomic E-state index is 0.215. The zero-order chi connectivity index (χ0) is 14.9. The second kappa shape index (κ2) is 5.60. The first-order valence-corrected chi connectivity index (χ1v) is 7.52. The van der Waals surface area contributed by atoms with Gasteiger partial charge >= 0.3 is 5.97 Å².